The highest BCUT2D eigenvalue weighted by molar-refractivity contribution is 6.30. The van der Waals surface area contributed by atoms with Gasteiger partial charge in [0.25, 0.3) is 0 Å². The van der Waals surface area contributed by atoms with E-state index in [9.17, 15) is 0 Å². The Kier molecular flexibility index (Phi) is 4.46. The van der Waals surface area contributed by atoms with E-state index in [4.69, 9.17) is 16.0 Å². The summed E-state index contributed by atoms with van der Waals surface area (Å²) < 4.78 is 5.78. The van der Waals surface area contributed by atoms with Crippen molar-refractivity contribution in [2.24, 2.45) is 0 Å². The molecule has 1 aromatic heterocycles. The van der Waals surface area contributed by atoms with E-state index in [1.807, 2.05) is 12.1 Å². The van der Waals surface area contributed by atoms with Crippen LogP contribution in [-0.4, -0.2) is 41.3 Å². The number of aromatic nitrogens is 2. The number of anilines is 1. The minimum Gasteiger partial charge on any atom is -0.424 e. The lowest BCUT2D eigenvalue weighted by Gasteiger charge is -2.37. The number of piperidine rings is 1. The van der Waals surface area contributed by atoms with Gasteiger partial charge in [-0.1, -0.05) is 11.6 Å². The Morgan fingerprint density at radius 1 is 1.12 bits per heavy atom. The van der Waals surface area contributed by atoms with E-state index in [0.717, 1.165) is 49.3 Å². The Hall–Kier alpha value is -1.59. The van der Waals surface area contributed by atoms with Gasteiger partial charge in [-0.15, -0.1) is 10.2 Å². The predicted octanol–water partition coefficient (Wildman–Crippen LogP) is 3.70. The second kappa shape index (κ2) is 6.73. The summed E-state index contributed by atoms with van der Waals surface area (Å²) in [7, 11) is 2.16. The zero-order valence-corrected chi connectivity index (χ0v) is 14.7. The first-order valence-electron chi connectivity index (χ1n) is 8.72. The molecule has 0 amide bonds. The van der Waals surface area contributed by atoms with Gasteiger partial charge in [0.1, 0.15) is 0 Å². The van der Waals surface area contributed by atoms with Crippen molar-refractivity contribution in [2.45, 2.75) is 44.2 Å². The van der Waals surface area contributed by atoms with Gasteiger partial charge in [-0.2, -0.15) is 0 Å². The molecule has 2 aliphatic rings. The topological polar surface area (TPSA) is 45.4 Å². The summed E-state index contributed by atoms with van der Waals surface area (Å²) in [6.07, 6.45) is 4.67. The molecule has 6 heteroatoms. The first-order chi connectivity index (χ1) is 11.7. The molecule has 1 aliphatic heterocycles. The van der Waals surface area contributed by atoms with Crippen molar-refractivity contribution in [3.8, 4) is 0 Å². The standard InChI is InChI=1S/C18H23ClN4O/c1-22(12-17-20-21-18(24-17)13-2-3-13)15-8-10-23(11-9-15)16-6-4-14(19)5-7-16/h4-7,13,15H,2-3,8-12H2,1H3. The van der Waals surface area contributed by atoms with E-state index in [0.29, 0.717) is 12.0 Å². The molecular weight excluding hydrogens is 324 g/mol. The van der Waals surface area contributed by atoms with Crippen molar-refractivity contribution >= 4 is 17.3 Å². The van der Waals surface area contributed by atoms with Crippen LogP contribution < -0.4 is 4.90 Å². The largest absolute Gasteiger partial charge is 0.424 e. The van der Waals surface area contributed by atoms with Crippen LogP contribution in [0.15, 0.2) is 28.7 Å². The third-order valence-electron chi connectivity index (χ3n) is 5.07. The molecule has 0 spiro atoms. The Morgan fingerprint density at radius 2 is 1.83 bits per heavy atom. The molecule has 1 aromatic carbocycles. The molecule has 128 valence electrons. The first-order valence-corrected chi connectivity index (χ1v) is 9.10. The average molecular weight is 347 g/mol. The number of hydrogen-bond donors (Lipinski definition) is 0. The summed E-state index contributed by atoms with van der Waals surface area (Å²) in [5, 5.41) is 9.16. The SMILES string of the molecule is CN(Cc1nnc(C2CC2)o1)C1CCN(c2ccc(Cl)cc2)CC1. The van der Waals surface area contributed by atoms with E-state index in [-0.39, 0.29) is 0 Å². The molecule has 0 radical (unpaired) electrons. The lowest BCUT2D eigenvalue weighted by Crippen LogP contribution is -2.43. The Labute approximate surface area is 147 Å². The number of rotatable bonds is 5. The molecule has 1 aliphatic carbocycles. The Morgan fingerprint density at radius 3 is 2.50 bits per heavy atom. The fraction of sp³-hybridized carbons (Fsp3) is 0.556. The van der Waals surface area contributed by atoms with E-state index < -0.39 is 0 Å². The molecule has 24 heavy (non-hydrogen) atoms. The Balaban J connectivity index is 1.30. The van der Waals surface area contributed by atoms with Crippen molar-refractivity contribution in [1.82, 2.24) is 15.1 Å². The Bertz CT molecular complexity index is 675. The maximum Gasteiger partial charge on any atom is 0.230 e. The van der Waals surface area contributed by atoms with Crippen LogP contribution in [0.5, 0.6) is 0 Å². The van der Waals surface area contributed by atoms with Gasteiger partial charge < -0.3 is 9.32 Å². The third kappa shape index (κ3) is 3.57. The molecule has 1 saturated heterocycles. The van der Waals surface area contributed by atoms with Crippen molar-refractivity contribution in [2.75, 3.05) is 25.0 Å². The summed E-state index contributed by atoms with van der Waals surface area (Å²) in [5.41, 5.74) is 1.26. The smallest absolute Gasteiger partial charge is 0.230 e. The molecule has 0 N–H and O–H groups in total. The zero-order valence-electron chi connectivity index (χ0n) is 14.0. The van der Waals surface area contributed by atoms with Gasteiger partial charge in [-0.05, 0) is 57.0 Å². The second-order valence-electron chi connectivity index (χ2n) is 6.92. The van der Waals surface area contributed by atoms with Crippen LogP contribution in [0.25, 0.3) is 0 Å². The van der Waals surface area contributed by atoms with Crippen molar-refractivity contribution in [3.05, 3.63) is 41.1 Å². The summed E-state index contributed by atoms with van der Waals surface area (Å²) in [6.45, 7) is 2.87. The molecule has 2 fully saturated rings. The minimum absolute atomic E-state index is 0.527. The van der Waals surface area contributed by atoms with Crippen LogP contribution in [0.4, 0.5) is 5.69 Å². The lowest BCUT2D eigenvalue weighted by molar-refractivity contribution is 0.182. The molecule has 0 bridgehead atoms. The lowest BCUT2D eigenvalue weighted by atomic mass is 10.0. The highest BCUT2D eigenvalue weighted by atomic mass is 35.5. The second-order valence-corrected chi connectivity index (χ2v) is 7.35. The molecule has 2 aromatic rings. The van der Waals surface area contributed by atoms with Crippen molar-refractivity contribution in [3.63, 3.8) is 0 Å². The summed E-state index contributed by atoms with van der Waals surface area (Å²) in [4.78, 5) is 4.78. The van der Waals surface area contributed by atoms with E-state index >= 15 is 0 Å². The summed E-state index contributed by atoms with van der Waals surface area (Å²) in [6, 6.07) is 8.68. The van der Waals surface area contributed by atoms with Gasteiger partial charge in [0.15, 0.2) is 0 Å². The van der Waals surface area contributed by atoms with Gasteiger partial charge in [0.05, 0.1) is 6.54 Å². The van der Waals surface area contributed by atoms with Gasteiger partial charge >= 0.3 is 0 Å². The van der Waals surface area contributed by atoms with Crippen LogP contribution in [0.2, 0.25) is 5.02 Å². The molecule has 0 atom stereocenters. The summed E-state index contributed by atoms with van der Waals surface area (Å²) in [5.74, 6) is 2.11. The van der Waals surface area contributed by atoms with Crippen LogP contribution in [0, 0.1) is 0 Å². The quantitative estimate of drug-likeness (QED) is 0.826. The van der Waals surface area contributed by atoms with Gasteiger partial charge in [0, 0.05) is 35.8 Å². The number of benzene rings is 1. The first kappa shape index (κ1) is 15.9. The van der Waals surface area contributed by atoms with Crippen LogP contribution in [0.3, 0.4) is 0 Å². The molecule has 4 rings (SSSR count). The molecular formula is C18H23ClN4O. The molecule has 1 saturated carbocycles. The van der Waals surface area contributed by atoms with Crippen LogP contribution in [-0.2, 0) is 6.54 Å². The van der Waals surface area contributed by atoms with Crippen molar-refractivity contribution < 1.29 is 4.42 Å². The number of hydrogen-bond acceptors (Lipinski definition) is 5. The molecule has 0 unspecified atom stereocenters. The fourth-order valence-corrected chi connectivity index (χ4v) is 3.51. The maximum atomic E-state index is 5.97. The van der Waals surface area contributed by atoms with E-state index in [1.54, 1.807) is 0 Å². The molecule has 5 nitrogen and oxygen atoms in total. The van der Waals surface area contributed by atoms with E-state index in [2.05, 4.69) is 39.2 Å². The highest BCUT2D eigenvalue weighted by Gasteiger charge is 2.30. The normalized spacial score (nSPS) is 19.2. The highest BCUT2D eigenvalue weighted by Crippen LogP contribution is 2.39. The van der Waals surface area contributed by atoms with Gasteiger partial charge in [-0.3, -0.25) is 4.90 Å². The van der Waals surface area contributed by atoms with Crippen LogP contribution >= 0.6 is 11.6 Å². The predicted molar refractivity (Wildman–Crippen MR) is 94.4 cm³/mol. The van der Waals surface area contributed by atoms with Crippen LogP contribution in [0.1, 0.15) is 43.4 Å². The van der Waals surface area contributed by atoms with Gasteiger partial charge in [-0.25, -0.2) is 0 Å². The summed E-state index contributed by atoms with van der Waals surface area (Å²) >= 11 is 5.97. The third-order valence-corrected chi connectivity index (χ3v) is 5.33. The average Bonchev–Trinajstić information content (AvgIpc) is 3.36. The van der Waals surface area contributed by atoms with E-state index in [1.165, 1.54) is 18.5 Å². The monoisotopic (exact) mass is 346 g/mol. The van der Waals surface area contributed by atoms with Crippen molar-refractivity contribution in [1.29, 1.82) is 0 Å². The van der Waals surface area contributed by atoms with Gasteiger partial charge in [0.2, 0.25) is 11.8 Å². The number of nitrogens with zero attached hydrogens (tertiary/aromatic N) is 4. The minimum atomic E-state index is 0.527. The maximum absolute atomic E-state index is 5.97. The zero-order chi connectivity index (χ0) is 16.5. The fourth-order valence-electron chi connectivity index (χ4n) is 3.38. The molecule has 2 heterocycles. The number of halogens is 1.